The van der Waals surface area contributed by atoms with Crippen molar-refractivity contribution in [2.75, 3.05) is 13.6 Å². The fourth-order valence-electron chi connectivity index (χ4n) is 2.45. The number of carbonyl (C=O) groups excluding carboxylic acids is 2. The lowest BCUT2D eigenvalue weighted by molar-refractivity contribution is -0.679. The lowest BCUT2D eigenvalue weighted by Crippen LogP contribution is -2.62. The monoisotopic (exact) mass is 275 g/mol. The summed E-state index contributed by atoms with van der Waals surface area (Å²) in [5.74, 6) is 0.762. The molecule has 7 nitrogen and oxygen atoms in total. The lowest BCUT2D eigenvalue weighted by atomic mass is 10.1. The van der Waals surface area contributed by atoms with Gasteiger partial charge in [-0.05, 0) is 13.8 Å². The van der Waals surface area contributed by atoms with E-state index in [1.54, 1.807) is 31.7 Å². The number of urea groups is 1. The Hall–Kier alpha value is -2.44. The number of hydrogen-bond donors (Lipinski definition) is 0. The number of carbonyl (C=O) groups is 2. The molecule has 1 unspecified atom stereocenters. The highest BCUT2D eigenvalue weighted by Gasteiger charge is 2.54. The van der Waals surface area contributed by atoms with Gasteiger partial charge in [-0.25, -0.2) is 4.79 Å². The van der Waals surface area contributed by atoms with Gasteiger partial charge in [0.25, 0.3) is 17.8 Å². The maximum Gasteiger partial charge on any atom is 0.506 e. The first-order valence-corrected chi connectivity index (χ1v) is 6.23. The van der Waals surface area contributed by atoms with Crippen LogP contribution in [0.4, 0.5) is 10.8 Å². The van der Waals surface area contributed by atoms with Crippen molar-refractivity contribution in [1.82, 2.24) is 9.80 Å². The Balaban J connectivity index is 2.06. The number of aromatic nitrogens is 1. The molecule has 1 atom stereocenters. The summed E-state index contributed by atoms with van der Waals surface area (Å²) in [4.78, 5) is 31.6. The van der Waals surface area contributed by atoms with Crippen LogP contribution in [-0.4, -0.2) is 41.2 Å². The molecule has 0 bridgehead atoms. The summed E-state index contributed by atoms with van der Waals surface area (Å²) >= 11 is 0. The summed E-state index contributed by atoms with van der Waals surface area (Å²) in [6.07, 6.45) is 1.72. The molecular weight excluding hydrogens is 260 g/mol. The minimum atomic E-state index is -0.635. The third-order valence-corrected chi connectivity index (χ3v) is 3.32. The standard InChI is InChI=1S/C13H15N4O3/c1-7(2)5-17-11(18)9-10(15(4)13(17)19)14-12-16(9)6-8(3)20-12/h6,9H,1,5H2,2-4H3/q+1. The number of rotatable bonds is 2. The van der Waals surface area contributed by atoms with Gasteiger partial charge >= 0.3 is 12.0 Å². The molecule has 0 aliphatic carbocycles. The number of fused-ring (bicyclic) bond motifs is 3. The van der Waals surface area contributed by atoms with Crippen LogP contribution in [0.3, 0.4) is 0 Å². The van der Waals surface area contributed by atoms with E-state index < -0.39 is 12.1 Å². The lowest BCUT2D eigenvalue weighted by Gasteiger charge is -2.32. The number of amidine groups is 1. The second kappa shape index (κ2) is 4.03. The zero-order chi connectivity index (χ0) is 14.6. The van der Waals surface area contributed by atoms with Gasteiger partial charge in [0.2, 0.25) is 0 Å². The molecule has 1 aromatic heterocycles. The van der Waals surface area contributed by atoms with Crippen LogP contribution in [0.5, 0.6) is 0 Å². The normalized spacial score (nSPS) is 20.9. The van der Waals surface area contributed by atoms with Crippen LogP contribution in [0.2, 0.25) is 0 Å². The molecule has 0 aromatic carbocycles. The SMILES string of the molecule is C=C(C)CN1C(=O)C2C(=Nc3oc(C)c[n+]32)N(C)C1=O. The van der Waals surface area contributed by atoms with E-state index in [0.29, 0.717) is 17.6 Å². The predicted molar refractivity (Wildman–Crippen MR) is 69.5 cm³/mol. The summed E-state index contributed by atoms with van der Waals surface area (Å²) in [5.41, 5.74) is 0.743. The fourth-order valence-corrected chi connectivity index (χ4v) is 2.45. The van der Waals surface area contributed by atoms with Crippen molar-refractivity contribution in [1.29, 1.82) is 0 Å². The molecule has 0 radical (unpaired) electrons. The highest BCUT2D eigenvalue weighted by atomic mass is 16.4. The Bertz CT molecular complexity index is 673. The van der Waals surface area contributed by atoms with Crippen molar-refractivity contribution < 1.29 is 18.6 Å². The van der Waals surface area contributed by atoms with Gasteiger partial charge in [-0.1, -0.05) is 12.2 Å². The van der Waals surface area contributed by atoms with Gasteiger partial charge in [0.15, 0.2) is 0 Å². The third kappa shape index (κ3) is 1.59. The molecule has 104 valence electrons. The van der Waals surface area contributed by atoms with Crippen molar-refractivity contribution in [3.8, 4) is 0 Å². The summed E-state index contributed by atoms with van der Waals surface area (Å²) < 4.78 is 7.07. The fraction of sp³-hybridized carbons (Fsp3) is 0.385. The minimum absolute atomic E-state index is 0.207. The second-order valence-corrected chi connectivity index (χ2v) is 5.13. The van der Waals surface area contributed by atoms with Crippen molar-refractivity contribution >= 4 is 23.8 Å². The molecule has 3 heterocycles. The first-order valence-electron chi connectivity index (χ1n) is 6.23. The predicted octanol–water partition coefficient (Wildman–Crippen LogP) is 0.930. The largest absolute Gasteiger partial charge is 0.506 e. The third-order valence-electron chi connectivity index (χ3n) is 3.32. The van der Waals surface area contributed by atoms with Crippen molar-refractivity contribution in [2.45, 2.75) is 19.9 Å². The molecule has 2 aliphatic heterocycles. The zero-order valence-corrected chi connectivity index (χ0v) is 11.6. The number of aryl methyl sites for hydroxylation is 1. The number of aliphatic imine (C=N–C) groups is 1. The summed E-state index contributed by atoms with van der Waals surface area (Å²) in [6, 6.07) is -0.687. The molecule has 3 rings (SSSR count). The summed E-state index contributed by atoms with van der Waals surface area (Å²) in [7, 11) is 1.60. The van der Waals surface area contributed by atoms with Gasteiger partial charge < -0.3 is 4.42 Å². The molecular formula is C13H15N4O3+. The Labute approximate surface area is 115 Å². The summed E-state index contributed by atoms with van der Waals surface area (Å²) in [6.45, 7) is 7.53. The van der Waals surface area contributed by atoms with Crippen molar-refractivity contribution in [2.24, 2.45) is 4.99 Å². The molecule has 0 spiro atoms. The van der Waals surface area contributed by atoms with E-state index in [9.17, 15) is 9.59 Å². The van der Waals surface area contributed by atoms with Crippen LogP contribution >= 0.6 is 0 Å². The van der Waals surface area contributed by atoms with Gasteiger partial charge in [0.1, 0.15) is 12.0 Å². The van der Waals surface area contributed by atoms with Gasteiger partial charge in [-0.15, -0.1) is 0 Å². The van der Waals surface area contributed by atoms with E-state index in [2.05, 4.69) is 11.6 Å². The molecule has 0 N–H and O–H groups in total. The van der Waals surface area contributed by atoms with Gasteiger partial charge in [-0.3, -0.25) is 14.6 Å². The van der Waals surface area contributed by atoms with Crippen LogP contribution in [0, 0.1) is 6.92 Å². The van der Waals surface area contributed by atoms with E-state index >= 15 is 0 Å². The van der Waals surface area contributed by atoms with Crippen LogP contribution in [0.25, 0.3) is 0 Å². The first kappa shape index (κ1) is 12.6. The molecule has 1 aromatic rings. The average molecular weight is 275 g/mol. The number of imide groups is 1. The van der Waals surface area contributed by atoms with Gasteiger partial charge in [0, 0.05) is 12.0 Å². The summed E-state index contributed by atoms with van der Waals surface area (Å²) in [5, 5.41) is 0. The molecule has 7 heteroatoms. The topological polar surface area (TPSA) is 70.0 Å². The van der Waals surface area contributed by atoms with Gasteiger partial charge in [0.05, 0.1) is 6.54 Å². The Kier molecular flexibility index (Phi) is 2.53. The Morgan fingerprint density at radius 3 is 2.90 bits per heavy atom. The second-order valence-electron chi connectivity index (χ2n) is 5.13. The van der Waals surface area contributed by atoms with E-state index in [1.807, 2.05) is 0 Å². The van der Waals surface area contributed by atoms with Crippen LogP contribution in [-0.2, 0) is 4.79 Å². The van der Waals surface area contributed by atoms with Crippen molar-refractivity contribution in [3.63, 3.8) is 0 Å². The zero-order valence-electron chi connectivity index (χ0n) is 11.6. The molecule has 2 aliphatic rings. The number of likely N-dealkylation sites (N-methyl/N-ethyl adjacent to an activating group) is 1. The first-order chi connectivity index (χ1) is 9.40. The Morgan fingerprint density at radius 1 is 1.55 bits per heavy atom. The molecule has 3 amide bonds. The van der Waals surface area contributed by atoms with E-state index in [0.717, 1.165) is 5.57 Å². The van der Waals surface area contributed by atoms with E-state index in [4.69, 9.17) is 4.42 Å². The quantitative estimate of drug-likeness (QED) is 0.595. The number of nitrogens with zero attached hydrogens (tertiary/aromatic N) is 4. The average Bonchev–Trinajstić information content (AvgIpc) is 2.87. The Morgan fingerprint density at radius 2 is 2.25 bits per heavy atom. The highest BCUT2D eigenvalue weighted by Crippen LogP contribution is 2.28. The van der Waals surface area contributed by atoms with Crippen LogP contribution < -0.4 is 4.57 Å². The molecule has 0 saturated carbocycles. The number of hydrogen-bond acceptors (Lipinski definition) is 4. The van der Waals surface area contributed by atoms with Crippen molar-refractivity contribution in [3.05, 3.63) is 24.1 Å². The van der Waals surface area contributed by atoms with Gasteiger partial charge in [-0.2, -0.15) is 4.57 Å². The molecule has 1 saturated heterocycles. The smallest absolute Gasteiger partial charge is 0.390 e. The highest BCUT2D eigenvalue weighted by molar-refractivity contribution is 6.19. The van der Waals surface area contributed by atoms with Crippen LogP contribution in [0.15, 0.2) is 27.8 Å². The van der Waals surface area contributed by atoms with Crippen LogP contribution in [0.1, 0.15) is 18.7 Å². The number of oxazole rings is 1. The maximum atomic E-state index is 12.6. The minimum Gasteiger partial charge on any atom is -0.390 e. The maximum absolute atomic E-state index is 12.6. The van der Waals surface area contributed by atoms with E-state index in [1.165, 1.54) is 9.80 Å². The molecule has 20 heavy (non-hydrogen) atoms. The van der Waals surface area contributed by atoms with E-state index in [-0.39, 0.29) is 12.5 Å². The number of amides is 3. The molecule has 1 fully saturated rings.